The molecular formula is C16H20ClFN2O2. The summed E-state index contributed by atoms with van der Waals surface area (Å²) in [6, 6.07) is 2.89. The molecule has 0 spiro atoms. The Morgan fingerprint density at radius 2 is 2.09 bits per heavy atom. The minimum Gasteiger partial charge on any atom is -0.378 e. The third-order valence-electron chi connectivity index (χ3n) is 4.49. The highest BCUT2D eigenvalue weighted by Crippen LogP contribution is 2.24. The minimum atomic E-state index is -0.593. The van der Waals surface area contributed by atoms with Gasteiger partial charge in [-0.15, -0.1) is 0 Å². The second-order valence-corrected chi connectivity index (χ2v) is 6.36. The molecule has 120 valence electrons. The number of halogens is 2. The smallest absolute Gasteiger partial charge is 0.256 e. The van der Waals surface area contributed by atoms with Crippen molar-refractivity contribution in [1.29, 1.82) is 0 Å². The standard InChI is InChI=1S/C16H20ClFN2O2/c1-10-4-5-11(18)14(15(10)17)16(21)19-12-8-22-9-13(12)20-6-2-3-7-20/h4-5,12-13H,2-3,6-9H2,1H3,(H,19,21)/t12-,13-/m0/s1. The number of benzene rings is 1. The van der Waals surface area contributed by atoms with Crippen molar-refractivity contribution in [3.8, 4) is 0 Å². The second-order valence-electron chi connectivity index (χ2n) is 5.98. The predicted octanol–water partition coefficient (Wildman–Crippen LogP) is 2.38. The first-order valence-corrected chi connectivity index (χ1v) is 8.03. The molecule has 0 aliphatic carbocycles. The lowest BCUT2D eigenvalue weighted by atomic mass is 10.1. The first-order valence-electron chi connectivity index (χ1n) is 7.65. The zero-order valence-electron chi connectivity index (χ0n) is 12.6. The van der Waals surface area contributed by atoms with E-state index in [1.165, 1.54) is 18.9 Å². The second kappa shape index (κ2) is 6.52. The Balaban J connectivity index is 1.75. The van der Waals surface area contributed by atoms with Crippen molar-refractivity contribution in [2.45, 2.75) is 31.8 Å². The fourth-order valence-electron chi connectivity index (χ4n) is 3.22. The van der Waals surface area contributed by atoms with Crippen molar-refractivity contribution in [3.05, 3.63) is 34.1 Å². The van der Waals surface area contributed by atoms with Crippen LogP contribution >= 0.6 is 11.6 Å². The van der Waals surface area contributed by atoms with Crippen LogP contribution in [0, 0.1) is 12.7 Å². The van der Waals surface area contributed by atoms with Gasteiger partial charge < -0.3 is 10.1 Å². The van der Waals surface area contributed by atoms with E-state index in [4.69, 9.17) is 16.3 Å². The number of likely N-dealkylation sites (tertiary alicyclic amines) is 1. The number of hydrogen-bond donors (Lipinski definition) is 1. The molecule has 1 aromatic rings. The molecule has 4 nitrogen and oxygen atoms in total. The van der Waals surface area contributed by atoms with Crippen LogP contribution in [0.5, 0.6) is 0 Å². The molecule has 2 aliphatic rings. The predicted molar refractivity (Wildman–Crippen MR) is 82.8 cm³/mol. The lowest BCUT2D eigenvalue weighted by molar-refractivity contribution is 0.0912. The molecule has 2 aliphatic heterocycles. The number of ether oxygens (including phenoxy) is 1. The Hall–Kier alpha value is -1.17. The highest BCUT2D eigenvalue weighted by atomic mass is 35.5. The minimum absolute atomic E-state index is 0.0752. The maximum atomic E-state index is 14.0. The van der Waals surface area contributed by atoms with Gasteiger partial charge in [0.25, 0.3) is 5.91 Å². The van der Waals surface area contributed by atoms with E-state index in [1.54, 1.807) is 13.0 Å². The van der Waals surface area contributed by atoms with Crippen LogP contribution in [0.15, 0.2) is 12.1 Å². The van der Waals surface area contributed by atoms with Crippen molar-refractivity contribution in [2.75, 3.05) is 26.3 Å². The number of nitrogens with one attached hydrogen (secondary N) is 1. The summed E-state index contributed by atoms with van der Waals surface area (Å²) in [5.74, 6) is -1.06. The Bertz CT molecular complexity index is 576. The molecule has 3 rings (SSSR count). The van der Waals surface area contributed by atoms with Gasteiger partial charge in [-0.05, 0) is 44.5 Å². The van der Waals surface area contributed by atoms with Crippen LogP contribution in [-0.2, 0) is 4.74 Å². The van der Waals surface area contributed by atoms with E-state index in [9.17, 15) is 9.18 Å². The zero-order valence-corrected chi connectivity index (χ0v) is 13.3. The molecular weight excluding hydrogens is 307 g/mol. The summed E-state index contributed by atoms with van der Waals surface area (Å²) in [4.78, 5) is 14.8. The van der Waals surface area contributed by atoms with Crippen molar-refractivity contribution >= 4 is 17.5 Å². The molecule has 22 heavy (non-hydrogen) atoms. The number of aryl methyl sites for hydroxylation is 1. The SMILES string of the molecule is Cc1ccc(F)c(C(=O)N[C@H]2COC[C@@H]2N2CCCC2)c1Cl. The van der Waals surface area contributed by atoms with Crippen LogP contribution in [0.2, 0.25) is 5.02 Å². The number of amides is 1. The molecule has 2 heterocycles. The summed E-state index contributed by atoms with van der Waals surface area (Å²) in [5.41, 5.74) is 0.612. The van der Waals surface area contributed by atoms with Gasteiger partial charge in [0.1, 0.15) is 5.82 Å². The molecule has 0 saturated carbocycles. The van der Waals surface area contributed by atoms with Crippen LogP contribution in [0.3, 0.4) is 0 Å². The van der Waals surface area contributed by atoms with Gasteiger partial charge in [0.05, 0.1) is 35.9 Å². The van der Waals surface area contributed by atoms with Crippen LogP contribution < -0.4 is 5.32 Å². The van der Waals surface area contributed by atoms with E-state index in [0.717, 1.165) is 13.1 Å². The molecule has 1 N–H and O–H groups in total. The number of nitrogens with zero attached hydrogens (tertiary/aromatic N) is 1. The van der Waals surface area contributed by atoms with Gasteiger partial charge in [0.15, 0.2) is 0 Å². The zero-order chi connectivity index (χ0) is 15.7. The largest absolute Gasteiger partial charge is 0.378 e. The first kappa shape index (κ1) is 15.7. The van der Waals surface area contributed by atoms with Crippen molar-refractivity contribution in [1.82, 2.24) is 10.2 Å². The average molecular weight is 327 g/mol. The fourth-order valence-corrected chi connectivity index (χ4v) is 3.46. The van der Waals surface area contributed by atoms with E-state index >= 15 is 0 Å². The third-order valence-corrected chi connectivity index (χ3v) is 4.97. The molecule has 2 fully saturated rings. The average Bonchev–Trinajstić information content (AvgIpc) is 3.14. The first-order chi connectivity index (χ1) is 10.6. The van der Waals surface area contributed by atoms with Gasteiger partial charge in [-0.2, -0.15) is 0 Å². The molecule has 2 saturated heterocycles. The van der Waals surface area contributed by atoms with Gasteiger partial charge in [-0.3, -0.25) is 9.69 Å². The molecule has 0 aromatic heterocycles. The topological polar surface area (TPSA) is 41.6 Å². The number of carbonyl (C=O) groups excluding carboxylic acids is 1. The maximum Gasteiger partial charge on any atom is 0.256 e. The molecule has 0 radical (unpaired) electrons. The Kier molecular flexibility index (Phi) is 4.66. The molecule has 1 amide bonds. The van der Waals surface area contributed by atoms with Gasteiger partial charge >= 0.3 is 0 Å². The van der Waals surface area contributed by atoms with Gasteiger partial charge in [0.2, 0.25) is 0 Å². The summed E-state index contributed by atoms with van der Waals surface area (Å²) in [6.07, 6.45) is 2.35. The quantitative estimate of drug-likeness (QED) is 0.927. The van der Waals surface area contributed by atoms with E-state index in [1.807, 2.05) is 0 Å². The number of carbonyl (C=O) groups is 1. The van der Waals surface area contributed by atoms with Crippen LogP contribution in [-0.4, -0.2) is 49.2 Å². The monoisotopic (exact) mass is 326 g/mol. The summed E-state index contributed by atoms with van der Waals surface area (Å²) >= 11 is 6.10. The van der Waals surface area contributed by atoms with E-state index in [-0.39, 0.29) is 22.7 Å². The number of rotatable bonds is 3. The summed E-state index contributed by atoms with van der Waals surface area (Å²) in [5, 5.41) is 3.08. The maximum absolute atomic E-state index is 14.0. The van der Waals surface area contributed by atoms with Gasteiger partial charge in [-0.25, -0.2) is 4.39 Å². The van der Waals surface area contributed by atoms with Crippen molar-refractivity contribution in [3.63, 3.8) is 0 Å². The van der Waals surface area contributed by atoms with Gasteiger partial charge in [-0.1, -0.05) is 17.7 Å². The normalized spacial score (nSPS) is 25.6. The third kappa shape index (κ3) is 2.98. The van der Waals surface area contributed by atoms with Crippen molar-refractivity contribution < 1.29 is 13.9 Å². The molecule has 6 heteroatoms. The van der Waals surface area contributed by atoms with Crippen LogP contribution in [0.25, 0.3) is 0 Å². The lowest BCUT2D eigenvalue weighted by Crippen LogP contribution is -2.50. The summed E-state index contributed by atoms with van der Waals surface area (Å²) in [7, 11) is 0. The summed E-state index contributed by atoms with van der Waals surface area (Å²) < 4.78 is 19.5. The highest BCUT2D eigenvalue weighted by molar-refractivity contribution is 6.34. The fraction of sp³-hybridized carbons (Fsp3) is 0.562. The molecule has 0 unspecified atom stereocenters. The molecule has 2 atom stereocenters. The summed E-state index contributed by atoms with van der Waals surface area (Å²) in [6.45, 7) is 4.87. The molecule has 1 aromatic carbocycles. The highest BCUT2D eigenvalue weighted by Gasteiger charge is 2.36. The Morgan fingerprint density at radius 1 is 1.36 bits per heavy atom. The Morgan fingerprint density at radius 3 is 2.82 bits per heavy atom. The van der Waals surface area contributed by atoms with E-state index in [0.29, 0.717) is 18.8 Å². The van der Waals surface area contributed by atoms with E-state index < -0.39 is 11.7 Å². The van der Waals surface area contributed by atoms with Crippen LogP contribution in [0.4, 0.5) is 4.39 Å². The molecule has 0 bridgehead atoms. The number of hydrogen-bond acceptors (Lipinski definition) is 3. The van der Waals surface area contributed by atoms with E-state index in [2.05, 4.69) is 10.2 Å². The van der Waals surface area contributed by atoms with Crippen LogP contribution in [0.1, 0.15) is 28.8 Å². The van der Waals surface area contributed by atoms with Crippen molar-refractivity contribution in [2.24, 2.45) is 0 Å². The van der Waals surface area contributed by atoms with Gasteiger partial charge in [0, 0.05) is 0 Å². The lowest BCUT2D eigenvalue weighted by Gasteiger charge is -2.28. The Labute approximate surface area is 134 Å².